The van der Waals surface area contributed by atoms with E-state index in [0.717, 1.165) is 0 Å². The lowest BCUT2D eigenvalue weighted by molar-refractivity contribution is -0.140. The summed E-state index contributed by atoms with van der Waals surface area (Å²) in [4.78, 5) is 24.4. The van der Waals surface area contributed by atoms with Gasteiger partial charge in [0.25, 0.3) is 0 Å². The number of thioether (sulfide) groups is 1. The monoisotopic (exact) mass is 300 g/mol. The zero-order valence-electron chi connectivity index (χ0n) is 11.0. The van der Waals surface area contributed by atoms with Gasteiger partial charge in [-0.2, -0.15) is 5.10 Å². The molecular formula is C11H16N4O4S. The van der Waals surface area contributed by atoms with Crippen LogP contribution in [0.5, 0.6) is 0 Å². The van der Waals surface area contributed by atoms with Crippen molar-refractivity contribution in [2.24, 2.45) is 0 Å². The molecule has 2 N–H and O–H groups in total. The number of nitrogens with zero attached hydrogens (tertiary/aromatic N) is 3. The van der Waals surface area contributed by atoms with Crippen molar-refractivity contribution < 1.29 is 19.4 Å². The maximum atomic E-state index is 12.0. The standard InChI is InChI=1S/C11H16N4O4S/c1-19-3-2-14-5-8(4-12-14)13-11(18)15-7-20-6-9(15)10(16)17/h4-5,9H,2-3,6-7H2,1H3,(H,13,18)(H,16,17)/t9-/m0/s1. The molecule has 0 radical (unpaired) electrons. The number of carbonyl (C=O) groups excluding carboxylic acids is 1. The maximum absolute atomic E-state index is 12.0. The average Bonchev–Trinajstić information content (AvgIpc) is 3.04. The van der Waals surface area contributed by atoms with Crippen LogP contribution in [0, 0.1) is 0 Å². The van der Waals surface area contributed by atoms with Crippen molar-refractivity contribution in [3.63, 3.8) is 0 Å². The number of ether oxygens (including phenoxy) is 1. The maximum Gasteiger partial charge on any atom is 0.327 e. The molecule has 0 spiro atoms. The van der Waals surface area contributed by atoms with Gasteiger partial charge < -0.3 is 20.1 Å². The summed E-state index contributed by atoms with van der Waals surface area (Å²) in [6.45, 7) is 1.11. The Hall–Kier alpha value is -1.74. The van der Waals surface area contributed by atoms with Gasteiger partial charge in [-0.15, -0.1) is 11.8 Å². The molecule has 2 rings (SSSR count). The number of carboxylic acids is 1. The predicted octanol–water partition coefficient (Wildman–Crippen LogP) is 0.521. The lowest BCUT2D eigenvalue weighted by atomic mass is 10.3. The van der Waals surface area contributed by atoms with Crippen LogP contribution in [0.15, 0.2) is 12.4 Å². The van der Waals surface area contributed by atoms with Crippen LogP contribution < -0.4 is 5.32 Å². The minimum absolute atomic E-state index is 0.376. The van der Waals surface area contributed by atoms with Gasteiger partial charge in [0.05, 0.1) is 30.9 Å². The van der Waals surface area contributed by atoms with Crippen LogP contribution in [0.4, 0.5) is 10.5 Å². The fraction of sp³-hybridized carbons (Fsp3) is 0.545. The Kier molecular flexibility index (Phi) is 4.85. The van der Waals surface area contributed by atoms with Gasteiger partial charge in [-0.25, -0.2) is 9.59 Å². The molecule has 1 aromatic rings. The highest BCUT2D eigenvalue weighted by atomic mass is 32.2. The minimum atomic E-state index is -0.985. The number of nitrogens with one attached hydrogen (secondary N) is 1. The molecule has 1 aliphatic rings. The zero-order chi connectivity index (χ0) is 14.5. The lowest BCUT2D eigenvalue weighted by Crippen LogP contribution is -2.43. The van der Waals surface area contributed by atoms with E-state index in [-0.39, 0.29) is 0 Å². The van der Waals surface area contributed by atoms with Crippen molar-refractivity contribution in [3.05, 3.63) is 12.4 Å². The molecule has 0 unspecified atom stereocenters. The van der Waals surface area contributed by atoms with E-state index >= 15 is 0 Å². The van der Waals surface area contributed by atoms with Crippen molar-refractivity contribution in [2.45, 2.75) is 12.6 Å². The molecule has 0 aromatic carbocycles. The molecule has 8 nitrogen and oxygen atoms in total. The third-order valence-corrected chi connectivity index (χ3v) is 3.85. The zero-order valence-corrected chi connectivity index (χ0v) is 11.8. The van der Waals surface area contributed by atoms with Crippen LogP contribution in [-0.4, -0.2) is 63.2 Å². The van der Waals surface area contributed by atoms with Crippen molar-refractivity contribution in [2.75, 3.05) is 30.7 Å². The minimum Gasteiger partial charge on any atom is -0.480 e. The highest BCUT2D eigenvalue weighted by Gasteiger charge is 2.34. The van der Waals surface area contributed by atoms with E-state index in [1.807, 2.05) is 0 Å². The van der Waals surface area contributed by atoms with Gasteiger partial charge in [0.2, 0.25) is 0 Å². The van der Waals surface area contributed by atoms with Gasteiger partial charge >= 0.3 is 12.0 Å². The molecule has 1 aromatic heterocycles. The van der Waals surface area contributed by atoms with Crippen LogP contribution in [0.1, 0.15) is 0 Å². The van der Waals surface area contributed by atoms with Gasteiger partial charge in [0.15, 0.2) is 0 Å². The third kappa shape index (κ3) is 3.42. The number of rotatable bonds is 5. The Morgan fingerprint density at radius 1 is 1.65 bits per heavy atom. The molecule has 0 saturated carbocycles. The summed E-state index contributed by atoms with van der Waals surface area (Å²) in [5.74, 6) is -0.197. The average molecular weight is 300 g/mol. The first-order valence-corrected chi connectivity index (χ1v) is 7.17. The predicted molar refractivity (Wildman–Crippen MR) is 73.7 cm³/mol. The number of carbonyl (C=O) groups is 2. The third-order valence-electron chi connectivity index (χ3n) is 2.84. The van der Waals surface area contributed by atoms with Crippen LogP contribution in [-0.2, 0) is 16.1 Å². The van der Waals surface area contributed by atoms with Crippen LogP contribution in [0.2, 0.25) is 0 Å². The first kappa shape index (κ1) is 14.7. The summed E-state index contributed by atoms with van der Waals surface area (Å²) in [6.07, 6.45) is 3.20. The number of aromatic nitrogens is 2. The second kappa shape index (κ2) is 6.62. The van der Waals surface area contributed by atoms with E-state index in [9.17, 15) is 9.59 Å². The molecule has 2 heterocycles. The van der Waals surface area contributed by atoms with Gasteiger partial charge in [0.1, 0.15) is 6.04 Å². The van der Waals surface area contributed by atoms with E-state index < -0.39 is 18.0 Å². The summed E-state index contributed by atoms with van der Waals surface area (Å²) < 4.78 is 6.58. The SMILES string of the molecule is COCCn1cc(NC(=O)N2CSC[C@H]2C(=O)O)cn1. The Balaban J connectivity index is 1.93. The number of carboxylic acid groups (broad SMARTS) is 1. The van der Waals surface area contributed by atoms with Gasteiger partial charge in [0, 0.05) is 19.1 Å². The molecule has 1 saturated heterocycles. The van der Waals surface area contributed by atoms with E-state index in [1.165, 1.54) is 22.9 Å². The van der Waals surface area contributed by atoms with Crippen molar-refractivity contribution in [1.29, 1.82) is 0 Å². The van der Waals surface area contributed by atoms with Crippen LogP contribution >= 0.6 is 11.8 Å². The van der Waals surface area contributed by atoms with E-state index in [2.05, 4.69) is 10.4 Å². The van der Waals surface area contributed by atoms with E-state index in [0.29, 0.717) is 30.5 Å². The number of aliphatic carboxylic acids is 1. The van der Waals surface area contributed by atoms with Gasteiger partial charge in [-0.1, -0.05) is 0 Å². The Bertz CT molecular complexity index is 493. The highest BCUT2D eigenvalue weighted by Crippen LogP contribution is 2.22. The second-order valence-electron chi connectivity index (χ2n) is 4.24. The largest absolute Gasteiger partial charge is 0.480 e. The molecule has 1 atom stereocenters. The summed E-state index contributed by atoms with van der Waals surface area (Å²) >= 11 is 1.42. The topological polar surface area (TPSA) is 96.7 Å². The molecule has 2 amide bonds. The number of urea groups is 1. The van der Waals surface area contributed by atoms with Crippen LogP contribution in [0.25, 0.3) is 0 Å². The van der Waals surface area contributed by atoms with E-state index in [1.54, 1.807) is 18.0 Å². The first-order chi connectivity index (χ1) is 9.61. The number of hydrogen-bond acceptors (Lipinski definition) is 5. The molecule has 1 aliphatic heterocycles. The number of methoxy groups -OCH3 is 1. The number of anilines is 1. The molecule has 0 aliphatic carbocycles. The summed E-state index contributed by atoms with van der Waals surface area (Å²) in [6, 6.07) is -1.20. The number of hydrogen-bond donors (Lipinski definition) is 2. The van der Waals surface area contributed by atoms with Crippen molar-refractivity contribution >= 4 is 29.4 Å². The van der Waals surface area contributed by atoms with Crippen molar-refractivity contribution in [1.82, 2.24) is 14.7 Å². The number of amides is 2. The smallest absolute Gasteiger partial charge is 0.327 e. The summed E-state index contributed by atoms with van der Waals surface area (Å²) in [5, 5.41) is 15.8. The quantitative estimate of drug-likeness (QED) is 0.823. The lowest BCUT2D eigenvalue weighted by Gasteiger charge is -2.20. The molecule has 20 heavy (non-hydrogen) atoms. The fourth-order valence-electron chi connectivity index (χ4n) is 1.78. The summed E-state index contributed by atoms with van der Waals surface area (Å²) in [7, 11) is 1.60. The molecule has 110 valence electrons. The Morgan fingerprint density at radius 3 is 3.15 bits per heavy atom. The van der Waals surface area contributed by atoms with E-state index in [4.69, 9.17) is 9.84 Å². The fourth-order valence-corrected chi connectivity index (χ4v) is 2.92. The summed E-state index contributed by atoms with van der Waals surface area (Å²) in [5.41, 5.74) is 0.534. The van der Waals surface area contributed by atoms with Crippen molar-refractivity contribution in [3.8, 4) is 0 Å². The molecule has 9 heteroatoms. The highest BCUT2D eigenvalue weighted by molar-refractivity contribution is 7.99. The Morgan fingerprint density at radius 2 is 2.45 bits per heavy atom. The second-order valence-corrected chi connectivity index (χ2v) is 5.24. The molecular weight excluding hydrogens is 284 g/mol. The molecule has 1 fully saturated rings. The molecule has 0 bridgehead atoms. The first-order valence-electron chi connectivity index (χ1n) is 6.01. The van der Waals surface area contributed by atoms with Gasteiger partial charge in [-0.05, 0) is 0 Å². The normalized spacial score (nSPS) is 18.2. The Labute approximate surface area is 120 Å². The van der Waals surface area contributed by atoms with Gasteiger partial charge in [-0.3, -0.25) is 4.68 Å². The van der Waals surface area contributed by atoms with Crippen LogP contribution in [0.3, 0.4) is 0 Å².